The highest BCUT2D eigenvalue weighted by Gasteiger charge is 2.30. The lowest BCUT2D eigenvalue weighted by Crippen LogP contribution is -2.47. The van der Waals surface area contributed by atoms with E-state index in [-0.39, 0.29) is 29.2 Å². The molecule has 1 atom stereocenters. The number of nitrogens with one attached hydrogen (secondary N) is 2. The van der Waals surface area contributed by atoms with Gasteiger partial charge in [0.05, 0.1) is 11.7 Å². The van der Waals surface area contributed by atoms with Crippen LogP contribution in [0, 0.1) is 17.6 Å². The zero-order valence-corrected chi connectivity index (χ0v) is 16.0. The number of carbonyl (C=O) groups excluding carboxylic acids is 2. The Balaban J connectivity index is 1.51. The third kappa shape index (κ3) is 5.08. The number of hydrogen-bond donors (Lipinski definition) is 3. The van der Waals surface area contributed by atoms with E-state index in [0.29, 0.717) is 31.6 Å². The number of rotatable bonds is 5. The van der Waals surface area contributed by atoms with Crippen molar-refractivity contribution in [1.82, 2.24) is 4.90 Å². The number of anilines is 2. The van der Waals surface area contributed by atoms with Crippen LogP contribution in [0.1, 0.15) is 19.8 Å². The van der Waals surface area contributed by atoms with E-state index in [9.17, 15) is 23.5 Å². The summed E-state index contributed by atoms with van der Waals surface area (Å²) in [5.74, 6) is -2.68. The molecule has 2 aromatic carbocycles. The third-order valence-corrected chi connectivity index (χ3v) is 5.18. The number of carbonyl (C=O) groups is 2. The molecule has 2 aromatic rings. The Kier molecular flexibility index (Phi) is 6.43. The van der Waals surface area contributed by atoms with Gasteiger partial charge in [-0.05, 0) is 57.1 Å². The zero-order valence-electron chi connectivity index (χ0n) is 16.0. The molecule has 1 heterocycles. The van der Waals surface area contributed by atoms with Gasteiger partial charge >= 0.3 is 0 Å². The van der Waals surface area contributed by atoms with Crippen LogP contribution in [-0.2, 0) is 9.59 Å². The second kappa shape index (κ2) is 9.00. The van der Waals surface area contributed by atoms with Crippen LogP contribution in [0.5, 0.6) is 5.75 Å². The molecule has 154 valence electrons. The summed E-state index contributed by atoms with van der Waals surface area (Å²) in [6.45, 7) is 2.83. The molecule has 1 fully saturated rings. The summed E-state index contributed by atoms with van der Waals surface area (Å²) in [6.07, 6.45) is 1.14. The van der Waals surface area contributed by atoms with Crippen molar-refractivity contribution in [2.24, 2.45) is 5.92 Å². The number of phenolic OH excluding ortho intramolecular Hbond substituents is 1. The number of phenols is 1. The number of likely N-dealkylation sites (tertiary alicyclic amines) is 1. The van der Waals surface area contributed by atoms with Gasteiger partial charge in [0.1, 0.15) is 5.75 Å². The molecular formula is C21H23F2N3O3. The second-order valence-corrected chi connectivity index (χ2v) is 7.11. The van der Waals surface area contributed by atoms with Gasteiger partial charge in [-0.25, -0.2) is 8.78 Å². The van der Waals surface area contributed by atoms with E-state index in [4.69, 9.17) is 0 Å². The van der Waals surface area contributed by atoms with Gasteiger partial charge in [-0.15, -0.1) is 0 Å². The Bertz CT molecular complexity index is 898. The smallest absolute Gasteiger partial charge is 0.241 e. The Morgan fingerprint density at radius 2 is 1.76 bits per heavy atom. The Morgan fingerprint density at radius 3 is 2.41 bits per heavy atom. The molecule has 6 nitrogen and oxygen atoms in total. The van der Waals surface area contributed by atoms with Crippen LogP contribution in [0.2, 0.25) is 0 Å². The van der Waals surface area contributed by atoms with Gasteiger partial charge in [-0.3, -0.25) is 14.5 Å². The predicted octanol–water partition coefficient (Wildman–Crippen LogP) is 3.35. The van der Waals surface area contributed by atoms with Crippen LogP contribution < -0.4 is 10.6 Å². The number of amides is 2. The minimum Gasteiger partial charge on any atom is -0.506 e. The van der Waals surface area contributed by atoms with Crippen LogP contribution in [0.25, 0.3) is 0 Å². The van der Waals surface area contributed by atoms with Gasteiger partial charge in [0.25, 0.3) is 0 Å². The molecule has 0 spiro atoms. The third-order valence-electron chi connectivity index (χ3n) is 5.18. The summed E-state index contributed by atoms with van der Waals surface area (Å²) in [5.41, 5.74) is 0.567. The Labute approximate surface area is 167 Å². The van der Waals surface area contributed by atoms with Gasteiger partial charge in [-0.2, -0.15) is 0 Å². The maximum Gasteiger partial charge on any atom is 0.241 e. The molecule has 1 aliphatic rings. The Morgan fingerprint density at radius 1 is 1.07 bits per heavy atom. The number of hydrogen-bond acceptors (Lipinski definition) is 4. The standard InChI is InChI=1S/C21H23F2N3O3/c1-13(20(28)24-15-6-7-16(22)17(23)12-15)26-10-8-14(9-11-26)21(29)25-18-4-2-3-5-19(18)27/h2-7,12-14,27H,8-11H2,1H3,(H,24,28)(H,25,29)/t13-/m0/s1. The molecule has 1 saturated heterocycles. The van der Waals surface area contributed by atoms with Crippen LogP contribution in [0.15, 0.2) is 42.5 Å². The van der Waals surface area contributed by atoms with Crippen molar-refractivity contribution in [2.45, 2.75) is 25.8 Å². The van der Waals surface area contributed by atoms with Crippen molar-refractivity contribution in [3.63, 3.8) is 0 Å². The maximum absolute atomic E-state index is 13.3. The number of aromatic hydroxyl groups is 1. The molecule has 0 bridgehead atoms. The van der Waals surface area contributed by atoms with E-state index in [0.717, 1.165) is 12.1 Å². The first-order valence-corrected chi connectivity index (χ1v) is 9.44. The first kappa shape index (κ1) is 20.7. The number of para-hydroxylation sites is 2. The van der Waals surface area contributed by atoms with Crippen molar-refractivity contribution in [2.75, 3.05) is 23.7 Å². The molecular weight excluding hydrogens is 380 g/mol. The summed E-state index contributed by atoms with van der Waals surface area (Å²) in [5, 5.41) is 15.1. The number of halogens is 2. The first-order valence-electron chi connectivity index (χ1n) is 9.44. The second-order valence-electron chi connectivity index (χ2n) is 7.11. The highest BCUT2D eigenvalue weighted by Crippen LogP contribution is 2.25. The van der Waals surface area contributed by atoms with Gasteiger partial charge in [0, 0.05) is 17.7 Å². The van der Waals surface area contributed by atoms with E-state index >= 15 is 0 Å². The van der Waals surface area contributed by atoms with Crippen molar-refractivity contribution in [3.05, 3.63) is 54.1 Å². The average molecular weight is 403 g/mol. The molecule has 3 rings (SSSR count). The maximum atomic E-state index is 13.3. The topological polar surface area (TPSA) is 81.7 Å². The molecule has 1 aliphatic heterocycles. The highest BCUT2D eigenvalue weighted by molar-refractivity contribution is 5.95. The van der Waals surface area contributed by atoms with Crippen molar-refractivity contribution >= 4 is 23.2 Å². The van der Waals surface area contributed by atoms with Crippen LogP contribution >= 0.6 is 0 Å². The molecule has 3 N–H and O–H groups in total. The molecule has 0 unspecified atom stereocenters. The summed E-state index contributed by atoms with van der Waals surface area (Å²) >= 11 is 0. The summed E-state index contributed by atoms with van der Waals surface area (Å²) < 4.78 is 26.3. The molecule has 0 aliphatic carbocycles. The molecule has 0 radical (unpaired) electrons. The minimum absolute atomic E-state index is 0.0146. The van der Waals surface area contributed by atoms with Gasteiger partial charge in [-0.1, -0.05) is 12.1 Å². The molecule has 8 heteroatoms. The minimum atomic E-state index is -1.02. The largest absolute Gasteiger partial charge is 0.506 e. The van der Waals surface area contributed by atoms with Crippen molar-refractivity contribution in [1.29, 1.82) is 0 Å². The molecule has 29 heavy (non-hydrogen) atoms. The summed E-state index contributed by atoms with van der Waals surface area (Å²) in [7, 11) is 0. The predicted molar refractivity (Wildman–Crippen MR) is 105 cm³/mol. The SMILES string of the molecule is C[C@@H](C(=O)Nc1ccc(F)c(F)c1)N1CCC(C(=O)Nc2ccccc2O)CC1. The summed E-state index contributed by atoms with van der Waals surface area (Å²) in [6, 6.07) is 9.27. The Hall–Kier alpha value is -3.00. The van der Waals surface area contributed by atoms with E-state index in [1.165, 1.54) is 12.1 Å². The van der Waals surface area contributed by atoms with Gasteiger partial charge in [0.15, 0.2) is 11.6 Å². The fourth-order valence-electron chi connectivity index (χ4n) is 3.35. The zero-order chi connectivity index (χ0) is 21.0. The lowest BCUT2D eigenvalue weighted by molar-refractivity contribution is -0.123. The summed E-state index contributed by atoms with van der Waals surface area (Å²) in [4.78, 5) is 26.8. The highest BCUT2D eigenvalue weighted by atomic mass is 19.2. The fraction of sp³-hybridized carbons (Fsp3) is 0.333. The van der Waals surface area contributed by atoms with Crippen LogP contribution in [0.3, 0.4) is 0 Å². The van der Waals surface area contributed by atoms with Gasteiger partial charge in [0.2, 0.25) is 11.8 Å². The van der Waals surface area contributed by atoms with E-state index in [1.54, 1.807) is 25.1 Å². The quantitative estimate of drug-likeness (QED) is 0.669. The molecule has 0 saturated carbocycles. The van der Waals surface area contributed by atoms with Crippen molar-refractivity contribution < 1.29 is 23.5 Å². The van der Waals surface area contributed by atoms with Crippen molar-refractivity contribution in [3.8, 4) is 5.75 Å². The fourth-order valence-corrected chi connectivity index (χ4v) is 3.35. The normalized spacial score (nSPS) is 16.2. The van der Waals surface area contributed by atoms with Gasteiger partial charge < -0.3 is 15.7 Å². The first-order chi connectivity index (χ1) is 13.8. The van der Waals surface area contributed by atoms with Crippen LogP contribution in [-0.4, -0.2) is 41.0 Å². The monoisotopic (exact) mass is 403 g/mol. The average Bonchev–Trinajstić information content (AvgIpc) is 2.72. The van der Waals surface area contributed by atoms with Crippen LogP contribution in [0.4, 0.5) is 20.2 Å². The van der Waals surface area contributed by atoms with E-state index < -0.39 is 17.7 Å². The van der Waals surface area contributed by atoms with E-state index in [1.807, 2.05) is 4.90 Å². The number of piperidine rings is 1. The lowest BCUT2D eigenvalue weighted by Gasteiger charge is -2.34. The molecule has 2 amide bonds. The lowest BCUT2D eigenvalue weighted by atomic mass is 9.94. The van der Waals surface area contributed by atoms with E-state index in [2.05, 4.69) is 10.6 Å². The number of nitrogens with zero attached hydrogens (tertiary/aromatic N) is 1. The molecule has 0 aromatic heterocycles. The number of benzene rings is 2.